The number of anilines is 1. The van der Waals surface area contributed by atoms with Gasteiger partial charge >= 0.3 is 0 Å². The fourth-order valence-corrected chi connectivity index (χ4v) is 1.93. The maximum atomic E-state index is 13.2. The standard InChI is InChI=1S/C12H8Cl2FN/c13-10-4-2-1-3-8(10)9-5-7(15)6-11(14)12(9)16/h1-6H,16H2. The van der Waals surface area contributed by atoms with Crippen molar-refractivity contribution < 1.29 is 4.39 Å². The highest BCUT2D eigenvalue weighted by Gasteiger charge is 2.11. The summed E-state index contributed by atoms with van der Waals surface area (Å²) in [5.74, 6) is -0.436. The van der Waals surface area contributed by atoms with Crippen LogP contribution in [0.25, 0.3) is 11.1 Å². The minimum absolute atomic E-state index is 0.190. The fourth-order valence-electron chi connectivity index (χ4n) is 1.49. The van der Waals surface area contributed by atoms with E-state index >= 15 is 0 Å². The molecule has 0 radical (unpaired) electrons. The van der Waals surface area contributed by atoms with Crippen molar-refractivity contribution in [3.05, 3.63) is 52.3 Å². The van der Waals surface area contributed by atoms with Crippen LogP contribution in [0.3, 0.4) is 0 Å². The second-order valence-electron chi connectivity index (χ2n) is 3.33. The lowest BCUT2D eigenvalue weighted by atomic mass is 10.0. The van der Waals surface area contributed by atoms with E-state index in [4.69, 9.17) is 28.9 Å². The molecule has 0 heterocycles. The Morgan fingerprint density at radius 3 is 2.31 bits per heavy atom. The van der Waals surface area contributed by atoms with E-state index in [-0.39, 0.29) is 5.02 Å². The second-order valence-corrected chi connectivity index (χ2v) is 4.14. The number of nitrogens with two attached hydrogens (primary N) is 1. The molecule has 0 aliphatic carbocycles. The van der Waals surface area contributed by atoms with Gasteiger partial charge in [-0.3, -0.25) is 0 Å². The van der Waals surface area contributed by atoms with Gasteiger partial charge in [0, 0.05) is 16.1 Å². The summed E-state index contributed by atoms with van der Waals surface area (Å²) in [6.45, 7) is 0. The van der Waals surface area contributed by atoms with E-state index in [1.54, 1.807) is 24.3 Å². The maximum absolute atomic E-state index is 13.2. The molecule has 1 nitrogen and oxygen atoms in total. The Balaban J connectivity index is 2.69. The molecular formula is C12H8Cl2FN. The van der Waals surface area contributed by atoms with E-state index in [1.807, 2.05) is 0 Å². The lowest BCUT2D eigenvalue weighted by Gasteiger charge is -2.09. The molecule has 0 aromatic heterocycles. The van der Waals surface area contributed by atoms with Crippen LogP contribution in [0, 0.1) is 5.82 Å². The van der Waals surface area contributed by atoms with Crippen LogP contribution in [-0.2, 0) is 0 Å². The largest absolute Gasteiger partial charge is 0.397 e. The van der Waals surface area contributed by atoms with Crippen molar-refractivity contribution in [3.63, 3.8) is 0 Å². The monoisotopic (exact) mass is 255 g/mol. The van der Waals surface area contributed by atoms with Crippen LogP contribution >= 0.6 is 23.2 Å². The lowest BCUT2D eigenvalue weighted by molar-refractivity contribution is 0.628. The number of benzene rings is 2. The van der Waals surface area contributed by atoms with Crippen LogP contribution in [0.5, 0.6) is 0 Å². The number of halogens is 3. The van der Waals surface area contributed by atoms with Crippen LogP contribution in [0.4, 0.5) is 10.1 Å². The third kappa shape index (κ3) is 1.99. The Morgan fingerprint density at radius 2 is 1.62 bits per heavy atom. The predicted octanol–water partition coefficient (Wildman–Crippen LogP) is 4.38. The van der Waals surface area contributed by atoms with Gasteiger partial charge < -0.3 is 5.73 Å². The fraction of sp³-hybridized carbons (Fsp3) is 0. The first-order valence-corrected chi connectivity index (χ1v) is 5.34. The molecule has 0 saturated carbocycles. The highest BCUT2D eigenvalue weighted by molar-refractivity contribution is 6.35. The summed E-state index contributed by atoms with van der Waals surface area (Å²) in [6.07, 6.45) is 0. The van der Waals surface area contributed by atoms with Crippen molar-refractivity contribution in [3.8, 4) is 11.1 Å². The van der Waals surface area contributed by atoms with Gasteiger partial charge in [0.05, 0.1) is 10.7 Å². The van der Waals surface area contributed by atoms with E-state index in [9.17, 15) is 4.39 Å². The van der Waals surface area contributed by atoms with Crippen LogP contribution in [-0.4, -0.2) is 0 Å². The van der Waals surface area contributed by atoms with Gasteiger partial charge in [0.25, 0.3) is 0 Å². The summed E-state index contributed by atoms with van der Waals surface area (Å²) < 4.78 is 13.2. The molecule has 0 atom stereocenters. The van der Waals surface area contributed by atoms with Crippen LogP contribution < -0.4 is 5.73 Å². The summed E-state index contributed by atoms with van der Waals surface area (Å²) in [7, 11) is 0. The normalized spacial score (nSPS) is 10.4. The van der Waals surface area contributed by atoms with Gasteiger partial charge in [-0.2, -0.15) is 0 Å². The van der Waals surface area contributed by atoms with Crippen LogP contribution in [0.2, 0.25) is 10.0 Å². The molecule has 82 valence electrons. The molecule has 2 rings (SSSR count). The zero-order valence-electron chi connectivity index (χ0n) is 8.18. The topological polar surface area (TPSA) is 26.0 Å². The first-order chi connectivity index (χ1) is 7.59. The first kappa shape index (κ1) is 11.2. The number of hydrogen-bond donors (Lipinski definition) is 1. The number of rotatable bonds is 1. The van der Waals surface area contributed by atoms with Gasteiger partial charge in [-0.05, 0) is 18.2 Å². The molecule has 16 heavy (non-hydrogen) atoms. The van der Waals surface area contributed by atoms with Gasteiger partial charge in [0.15, 0.2) is 0 Å². The Labute approximate surface area is 103 Å². The second kappa shape index (κ2) is 4.32. The molecule has 2 aromatic rings. The van der Waals surface area contributed by atoms with Gasteiger partial charge in [0.2, 0.25) is 0 Å². The molecule has 0 amide bonds. The highest BCUT2D eigenvalue weighted by atomic mass is 35.5. The van der Waals surface area contributed by atoms with Crippen molar-refractivity contribution in [2.75, 3.05) is 5.73 Å². The quantitative estimate of drug-likeness (QED) is 0.752. The summed E-state index contributed by atoms with van der Waals surface area (Å²) in [4.78, 5) is 0. The van der Waals surface area contributed by atoms with Crippen molar-refractivity contribution in [1.29, 1.82) is 0 Å². The first-order valence-electron chi connectivity index (χ1n) is 4.59. The van der Waals surface area contributed by atoms with Crippen molar-refractivity contribution >= 4 is 28.9 Å². The van der Waals surface area contributed by atoms with Crippen LogP contribution in [0.1, 0.15) is 0 Å². The predicted molar refractivity (Wildman–Crippen MR) is 66.3 cm³/mol. The third-order valence-corrected chi connectivity index (χ3v) is 2.90. The summed E-state index contributed by atoms with van der Waals surface area (Å²) in [5, 5.41) is 0.700. The summed E-state index contributed by atoms with van der Waals surface area (Å²) in [6, 6.07) is 9.58. The minimum atomic E-state index is -0.436. The zero-order valence-corrected chi connectivity index (χ0v) is 9.69. The molecule has 4 heteroatoms. The molecule has 0 bridgehead atoms. The Bertz CT molecular complexity index is 541. The van der Waals surface area contributed by atoms with E-state index < -0.39 is 5.82 Å². The minimum Gasteiger partial charge on any atom is -0.397 e. The molecule has 0 spiro atoms. The van der Waals surface area contributed by atoms with Crippen molar-refractivity contribution in [2.45, 2.75) is 0 Å². The Hall–Kier alpha value is -1.25. The van der Waals surface area contributed by atoms with Gasteiger partial charge in [-0.1, -0.05) is 41.4 Å². The third-order valence-electron chi connectivity index (χ3n) is 2.26. The lowest BCUT2D eigenvalue weighted by Crippen LogP contribution is -1.93. The summed E-state index contributed by atoms with van der Waals surface area (Å²) >= 11 is 11.8. The van der Waals surface area contributed by atoms with Crippen LogP contribution in [0.15, 0.2) is 36.4 Å². The van der Waals surface area contributed by atoms with Gasteiger partial charge in [-0.15, -0.1) is 0 Å². The van der Waals surface area contributed by atoms with E-state index in [2.05, 4.69) is 0 Å². The Morgan fingerprint density at radius 1 is 0.938 bits per heavy atom. The molecule has 0 fully saturated rings. The summed E-state index contributed by atoms with van der Waals surface area (Å²) in [5.41, 5.74) is 7.30. The highest BCUT2D eigenvalue weighted by Crippen LogP contribution is 2.36. The molecule has 2 N–H and O–H groups in total. The smallest absolute Gasteiger partial charge is 0.125 e. The molecule has 0 unspecified atom stereocenters. The SMILES string of the molecule is Nc1c(Cl)cc(F)cc1-c1ccccc1Cl. The van der Waals surface area contributed by atoms with E-state index in [0.29, 0.717) is 21.8 Å². The Kier molecular flexibility index (Phi) is 3.03. The average Bonchev–Trinajstić information content (AvgIpc) is 2.24. The van der Waals surface area contributed by atoms with Gasteiger partial charge in [-0.25, -0.2) is 4.39 Å². The van der Waals surface area contributed by atoms with E-state index in [1.165, 1.54) is 12.1 Å². The van der Waals surface area contributed by atoms with E-state index in [0.717, 1.165) is 0 Å². The number of nitrogen functional groups attached to an aromatic ring is 1. The zero-order chi connectivity index (χ0) is 11.7. The molecule has 0 saturated heterocycles. The molecule has 0 aliphatic heterocycles. The van der Waals surface area contributed by atoms with Crippen molar-refractivity contribution in [2.24, 2.45) is 0 Å². The number of hydrogen-bond acceptors (Lipinski definition) is 1. The average molecular weight is 256 g/mol. The maximum Gasteiger partial charge on any atom is 0.125 e. The van der Waals surface area contributed by atoms with Crippen molar-refractivity contribution in [1.82, 2.24) is 0 Å². The molecule has 0 aliphatic rings. The molecular weight excluding hydrogens is 248 g/mol. The van der Waals surface area contributed by atoms with Gasteiger partial charge in [0.1, 0.15) is 5.82 Å². The molecule has 2 aromatic carbocycles.